The van der Waals surface area contributed by atoms with Crippen LogP contribution in [0.2, 0.25) is 0 Å². The van der Waals surface area contributed by atoms with Crippen molar-refractivity contribution in [1.29, 1.82) is 0 Å². The van der Waals surface area contributed by atoms with Gasteiger partial charge in [0.05, 0.1) is 11.8 Å². The van der Waals surface area contributed by atoms with Crippen molar-refractivity contribution >= 4 is 23.5 Å². The lowest BCUT2D eigenvalue weighted by molar-refractivity contribution is -0.146. The molecule has 0 saturated carbocycles. The SMILES string of the molecule is CCN(CC)C(=O)c1cccc(NC(=O)[C@@H]2CC=CC[C@@H]2C(=O)O)c1. The van der Waals surface area contributed by atoms with Gasteiger partial charge in [-0.25, -0.2) is 0 Å². The maximum Gasteiger partial charge on any atom is 0.307 e. The standard InChI is InChI=1S/C19H24N2O4/c1-3-21(4-2)18(23)13-8-7-9-14(12-13)20-17(22)15-10-5-6-11-16(15)19(24)25/h5-9,12,15-16H,3-4,10-11H2,1-2H3,(H,20,22)(H,24,25)/t15-,16+/m1/s1. The summed E-state index contributed by atoms with van der Waals surface area (Å²) in [6.07, 6.45) is 4.39. The average molecular weight is 344 g/mol. The molecule has 2 N–H and O–H groups in total. The van der Waals surface area contributed by atoms with Crippen LogP contribution in [0, 0.1) is 11.8 Å². The highest BCUT2D eigenvalue weighted by Crippen LogP contribution is 2.27. The van der Waals surface area contributed by atoms with E-state index in [1.165, 1.54) is 0 Å². The van der Waals surface area contributed by atoms with Crippen LogP contribution in [0.4, 0.5) is 5.69 Å². The van der Waals surface area contributed by atoms with Crippen molar-refractivity contribution in [2.24, 2.45) is 11.8 Å². The van der Waals surface area contributed by atoms with E-state index in [0.717, 1.165) is 0 Å². The van der Waals surface area contributed by atoms with Gasteiger partial charge in [-0.05, 0) is 44.9 Å². The molecule has 0 bridgehead atoms. The molecule has 25 heavy (non-hydrogen) atoms. The van der Waals surface area contributed by atoms with Crippen LogP contribution < -0.4 is 5.32 Å². The molecule has 0 aromatic heterocycles. The Morgan fingerprint density at radius 2 is 1.76 bits per heavy atom. The fourth-order valence-electron chi connectivity index (χ4n) is 3.04. The van der Waals surface area contributed by atoms with E-state index in [1.807, 2.05) is 19.9 Å². The van der Waals surface area contributed by atoms with Crippen molar-refractivity contribution in [3.05, 3.63) is 42.0 Å². The van der Waals surface area contributed by atoms with Gasteiger partial charge in [-0.1, -0.05) is 18.2 Å². The van der Waals surface area contributed by atoms with E-state index in [2.05, 4.69) is 5.32 Å². The number of amides is 2. The first-order valence-corrected chi connectivity index (χ1v) is 8.55. The second kappa shape index (κ2) is 8.46. The summed E-state index contributed by atoms with van der Waals surface area (Å²) in [7, 11) is 0. The van der Waals surface area contributed by atoms with Gasteiger partial charge in [0.2, 0.25) is 5.91 Å². The van der Waals surface area contributed by atoms with Gasteiger partial charge >= 0.3 is 5.97 Å². The van der Waals surface area contributed by atoms with Gasteiger partial charge in [0.1, 0.15) is 0 Å². The third-order valence-electron chi connectivity index (χ3n) is 4.51. The summed E-state index contributed by atoms with van der Waals surface area (Å²) in [4.78, 5) is 38.0. The minimum absolute atomic E-state index is 0.0925. The molecule has 2 amide bonds. The molecule has 0 saturated heterocycles. The quantitative estimate of drug-likeness (QED) is 0.777. The van der Waals surface area contributed by atoms with Crippen LogP contribution in [0.3, 0.4) is 0 Å². The molecule has 1 aliphatic carbocycles. The summed E-state index contributed by atoms with van der Waals surface area (Å²) in [5, 5.41) is 12.1. The molecule has 0 radical (unpaired) electrons. The third kappa shape index (κ3) is 4.47. The van der Waals surface area contributed by atoms with Gasteiger partial charge < -0.3 is 15.3 Å². The van der Waals surface area contributed by atoms with Gasteiger partial charge in [0, 0.05) is 24.3 Å². The zero-order valence-corrected chi connectivity index (χ0v) is 14.6. The van der Waals surface area contributed by atoms with Crippen molar-refractivity contribution in [1.82, 2.24) is 4.90 Å². The number of carboxylic acids is 1. The van der Waals surface area contributed by atoms with E-state index in [4.69, 9.17) is 0 Å². The molecule has 0 aliphatic heterocycles. The van der Waals surface area contributed by atoms with E-state index in [0.29, 0.717) is 37.2 Å². The lowest BCUT2D eigenvalue weighted by Gasteiger charge is -2.24. The maximum absolute atomic E-state index is 12.5. The maximum atomic E-state index is 12.5. The highest BCUT2D eigenvalue weighted by molar-refractivity contribution is 5.98. The number of carbonyl (C=O) groups excluding carboxylic acids is 2. The molecule has 0 spiro atoms. The largest absolute Gasteiger partial charge is 0.481 e. The highest BCUT2D eigenvalue weighted by atomic mass is 16.4. The Balaban J connectivity index is 2.13. The van der Waals surface area contributed by atoms with Gasteiger partial charge in [-0.3, -0.25) is 14.4 Å². The molecule has 0 heterocycles. The van der Waals surface area contributed by atoms with Gasteiger partial charge in [0.25, 0.3) is 5.91 Å². The Morgan fingerprint density at radius 3 is 2.36 bits per heavy atom. The normalized spacial score (nSPS) is 19.3. The number of hydrogen-bond acceptors (Lipinski definition) is 3. The molecule has 0 unspecified atom stereocenters. The number of hydrogen-bond donors (Lipinski definition) is 2. The van der Waals surface area contributed by atoms with Crippen LogP contribution in [0.1, 0.15) is 37.0 Å². The Bertz CT molecular complexity index is 680. The Labute approximate surface area is 147 Å². The van der Waals surface area contributed by atoms with E-state index < -0.39 is 17.8 Å². The first-order valence-electron chi connectivity index (χ1n) is 8.55. The molecule has 1 aromatic carbocycles. The number of aliphatic carboxylic acids is 1. The summed E-state index contributed by atoms with van der Waals surface area (Å²) in [6, 6.07) is 6.75. The second-order valence-corrected chi connectivity index (χ2v) is 6.04. The first-order chi connectivity index (χ1) is 12.0. The smallest absolute Gasteiger partial charge is 0.307 e. The van der Waals surface area contributed by atoms with Crippen LogP contribution in [0.5, 0.6) is 0 Å². The summed E-state index contributed by atoms with van der Waals surface area (Å²) in [6.45, 7) is 5.05. The number of benzene rings is 1. The molecular formula is C19H24N2O4. The molecule has 2 rings (SSSR count). The molecule has 0 fully saturated rings. The summed E-state index contributed by atoms with van der Waals surface area (Å²) >= 11 is 0. The zero-order chi connectivity index (χ0) is 18.4. The van der Waals surface area contributed by atoms with E-state index >= 15 is 0 Å². The number of nitrogens with one attached hydrogen (secondary N) is 1. The van der Waals surface area contributed by atoms with Crippen LogP contribution in [0.25, 0.3) is 0 Å². The lowest BCUT2D eigenvalue weighted by Crippen LogP contribution is -2.35. The summed E-state index contributed by atoms with van der Waals surface area (Å²) in [5.41, 5.74) is 1.00. The van der Waals surface area contributed by atoms with Gasteiger partial charge in [-0.2, -0.15) is 0 Å². The molecule has 2 atom stereocenters. The molecule has 1 aliphatic rings. The summed E-state index contributed by atoms with van der Waals surface area (Å²) in [5.74, 6) is -2.71. The zero-order valence-electron chi connectivity index (χ0n) is 14.6. The van der Waals surface area contributed by atoms with E-state index in [-0.39, 0.29) is 11.8 Å². The predicted molar refractivity (Wildman–Crippen MR) is 95.3 cm³/mol. The minimum atomic E-state index is -0.963. The molecule has 6 heteroatoms. The number of carboxylic acid groups (broad SMARTS) is 1. The monoisotopic (exact) mass is 344 g/mol. The van der Waals surface area contributed by atoms with Crippen LogP contribution in [0.15, 0.2) is 36.4 Å². The highest BCUT2D eigenvalue weighted by Gasteiger charge is 2.34. The van der Waals surface area contributed by atoms with E-state index in [9.17, 15) is 19.5 Å². The molecular weight excluding hydrogens is 320 g/mol. The van der Waals surface area contributed by atoms with E-state index in [1.54, 1.807) is 35.2 Å². The molecule has 134 valence electrons. The number of allylic oxidation sites excluding steroid dienone is 2. The van der Waals surface area contributed by atoms with Crippen LogP contribution in [-0.2, 0) is 9.59 Å². The number of anilines is 1. The number of rotatable bonds is 6. The summed E-state index contributed by atoms with van der Waals surface area (Å²) < 4.78 is 0. The number of nitrogens with zero attached hydrogens (tertiary/aromatic N) is 1. The lowest BCUT2D eigenvalue weighted by atomic mass is 9.82. The van der Waals surface area contributed by atoms with Crippen LogP contribution >= 0.6 is 0 Å². The van der Waals surface area contributed by atoms with Crippen molar-refractivity contribution in [2.45, 2.75) is 26.7 Å². The predicted octanol–water partition coefficient (Wildman–Crippen LogP) is 2.77. The topological polar surface area (TPSA) is 86.7 Å². The number of carbonyl (C=O) groups is 3. The van der Waals surface area contributed by atoms with Gasteiger partial charge in [-0.15, -0.1) is 0 Å². The Hall–Kier alpha value is -2.63. The minimum Gasteiger partial charge on any atom is -0.481 e. The van der Waals surface area contributed by atoms with Crippen molar-refractivity contribution in [3.8, 4) is 0 Å². The van der Waals surface area contributed by atoms with Crippen LogP contribution in [-0.4, -0.2) is 40.9 Å². The first kappa shape index (κ1) is 18.7. The Kier molecular flexibility index (Phi) is 6.33. The fraction of sp³-hybridized carbons (Fsp3) is 0.421. The second-order valence-electron chi connectivity index (χ2n) is 6.04. The molecule has 1 aromatic rings. The van der Waals surface area contributed by atoms with Crippen molar-refractivity contribution in [3.63, 3.8) is 0 Å². The van der Waals surface area contributed by atoms with Crippen molar-refractivity contribution in [2.75, 3.05) is 18.4 Å². The fourth-order valence-corrected chi connectivity index (χ4v) is 3.04. The third-order valence-corrected chi connectivity index (χ3v) is 4.51. The Morgan fingerprint density at radius 1 is 1.12 bits per heavy atom. The average Bonchev–Trinajstić information content (AvgIpc) is 2.62. The van der Waals surface area contributed by atoms with Crippen molar-refractivity contribution < 1.29 is 19.5 Å². The van der Waals surface area contributed by atoms with Gasteiger partial charge in [0.15, 0.2) is 0 Å². The molecule has 6 nitrogen and oxygen atoms in total.